The molecule has 94 valence electrons. The van der Waals surface area contributed by atoms with Crippen molar-refractivity contribution in [2.75, 3.05) is 18.0 Å². The van der Waals surface area contributed by atoms with Gasteiger partial charge in [-0.2, -0.15) is 10.4 Å². The summed E-state index contributed by atoms with van der Waals surface area (Å²) in [5, 5.41) is 12.8. The van der Waals surface area contributed by atoms with Crippen LogP contribution in [0.25, 0.3) is 5.65 Å². The number of fused-ring (bicyclic) bond motifs is 1. The summed E-state index contributed by atoms with van der Waals surface area (Å²) in [6, 6.07) is 6.01. The van der Waals surface area contributed by atoms with Crippen LogP contribution in [0.2, 0.25) is 0 Å². The zero-order chi connectivity index (χ0) is 13.0. The maximum atomic E-state index is 8.72. The van der Waals surface area contributed by atoms with Crippen molar-refractivity contribution in [3.05, 3.63) is 24.5 Å². The Bertz CT molecular complexity index is 552. The second-order valence-electron chi connectivity index (χ2n) is 4.67. The summed E-state index contributed by atoms with van der Waals surface area (Å²) in [6.45, 7) is 5.94. The van der Waals surface area contributed by atoms with Crippen LogP contribution in [0.4, 0.5) is 5.82 Å². The second-order valence-corrected chi connectivity index (χ2v) is 4.67. The first kappa shape index (κ1) is 12.4. The van der Waals surface area contributed by atoms with Gasteiger partial charge in [0.05, 0.1) is 18.7 Å². The van der Waals surface area contributed by atoms with Crippen molar-refractivity contribution in [1.29, 1.82) is 5.26 Å². The molecule has 0 bridgehead atoms. The van der Waals surface area contributed by atoms with Gasteiger partial charge in [-0.3, -0.25) is 0 Å². The highest BCUT2D eigenvalue weighted by Gasteiger charge is 2.10. The standard InChI is InChI=1S/C13H17N5/c1-11(2)10-17(8-3-6-14)12-5-9-18-13(16-12)4-7-15-18/h4-5,7,9,11H,3,8,10H2,1-2H3. The van der Waals surface area contributed by atoms with E-state index in [9.17, 15) is 0 Å². The smallest absolute Gasteiger partial charge is 0.157 e. The lowest BCUT2D eigenvalue weighted by Gasteiger charge is -2.24. The fourth-order valence-electron chi connectivity index (χ4n) is 1.90. The molecule has 0 aromatic carbocycles. The average molecular weight is 243 g/mol. The van der Waals surface area contributed by atoms with Gasteiger partial charge in [0.2, 0.25) is 0 Å². The van der Waals surface area contributed by atoms with Crippen LogP contribution in [0, 0.1) is 17.2 Å². The van der Waals surface area contributed by atoms with Crippen molar-refractivity contribution in [3.8, 4) is 6.07 Å². The van der Waals surface area contributed by atoms with Gasteiger partial charge in [-0.15, -0.1) is 0 Å². The molecule has 5 nitrogen and oxygen atoms in total. The third kappa shape index (κ3) is 2.77. The van der Waals surface area contributed by atoms with Gasteiger partial charge < -0.3 is 4.90 Å². The van der Waals surface area contributed by atoms with Crippen LogP contribution >= 0.6 is 0 Å². The van der Waals surface area contributed by atoms with E-state index in [1.54, 1.807) is 10.7 Å². The zero-order valence-electron chi connectivity index (χ0n) is 10.7. The summed E-state index contributed by atoms with van der Waals surface area (Å²) in [6.07, 6.45) is 4.14. The Balaban J connectivity index is 2.24. The van der Waals surface area contributed by atoms with Crippen molar-refractivity contribution in [2.24, 2.45) is 5.92 Å². The SMILES string of the molecule is CC(C)CN(CCC#N)c1ccn2nccc2n1. The van der Waals surface area contributed by atoms with E-state index in [0.717, 1.165) is 18.0 Å². The lowest BCUT2D eigenvalue weighted by molar-refractivity contribution is 0.607. The predicted molar refractivity (Wildman–Crippen MR) is 70.3 cm³/mol. The molecule has 0 aliphatic carbocycles. The predicted octanol–water partition coefficient (Wildman–Crippen LogP) is 2.11. The molecule has 0 saturated heterocycles. The van der Waals surface area contributed by atoms with E-state index in [0.29, 0.717) is 18.9 Å². The normalized spacial score (nSPS) is 10.8. The first-order valence-electron chi connectivity index (χ1n) is 6.13. The molecule has 2 aromatic rings. The lowest BCUT2D eigenvalue weighted by Crippen LogP contribution is -2.29. The largest absolute Gasteiger partial charge is 0.355 e. The van der Waals surface area contributed by atoms with Gasteiger partial charge in [0.1, 0.15) is 5.82 Å². The molecule has 0 amide bonds. The molecule has 0 aliphatic heterocycles. The zero-order valence-corrected chi connectivity index (χ0v) is 10.7. The van der Waals surface area contributed by atoms with Crippen LogP contribution < -0.4 is 4.90 Å². The van der Waals surface area contributed by atoms with E-state index in [2.05, 4.69) is 34.9 Å². The molecule has 0 aliphatic rings. The topological polar surface area (TPSA) is 57.2 Å². The molecule has 0 atom stereocenters. The molecule has 0 unspecified atom stereocenters. The molecule has 5 heteroatoms. The minimum atomic E-state index is 0.513. The van der Waals surface area contributed by atoms with Crippen LogP contribution in [0.15, 0.2) is 24.5 Å². The lowest BCUT2D eigenvalue weighted by atomic mass is 10.2. The molecule has 0 fully saturated rings. The van der Waals surface area contributed by atoms with Crippen molar-refractivity contribution in [1.82, 2.24) is 14.6 Å². The van der Waals surface area contributed by atoms with E-state index < -0.39 is 0 Å². The van der Waals surface area contributed by atoms with Crippen LogP contribution in [0.5, 0.6) is 0 Å². The molecule has 0 saturated carbocycles. The molecular formula is C13H17N5. The van der Waals surface area contributed by atoms with Gasteiger partial charge in [-0.25, -0.2) is 9.50 Å². The molecule has 0 N–H and O–H groups in total. The van der Waals surface area contributed by atoms with Gasteiger partial charge >= 0.3 is 0 Å². The monoisotopic (exact) mass is 243 g/mol. The van der Waals surface area contributed by atoms with Crippen molar-refractivity contribution in [3.63, 3.8) is 0 Å². The fourth-order valence-corrected chi connectivity index (χ4v) is 1.90. The number of nitriles is 1. The highest BCUT2D eigenvalue weighted by molar-refractivity contribution is 5.47. The van der Waals surface area contributed by atoms with Crippen molar-refractivity contribution >= 4 is 11.5 Å². The van der Waals surface area contributed by atoms with E-state index in [1.807, 2.05) is 18.3 Å². The maximum Gasteiger partial charge on any atom is 0.157 e. The Morgan fingerprint density at radius 2 is 2.28 bits per heavy atom. The molecule has 2 aromatic heterocycles. The molecule has 18 heavy (non-hydrogen) atoms. The Hall–Kier alpha value is -2.09. The Kier molecular flexibility index (Phi) is 3.78. The van der Waals surface area contributed by atoms with Crippen molar-refractivity contribution < 1.29 is 0 Å². The molecule has 0 spiro atoms. The van der Waals surface area contributed by atoms with Gasteiger partial charge in [-0.1, -0.05) is 13.8 Å². The third-order valence-corrected chi connectivity index (χ3v) is 2.65. The average Bonchev–Trinajstić information content (AvgIpc) is 2.81. The second kappa shape index (κ2) is 5.50. The molecule has 2 rings (SSSR count). The summed E-state index contributed by atoms with van der Waals surface area (Å²) in [5.74, 6) is 1.44. The molecular weight excluding hydrogens is 226 g/mol. The van der Waals surface area contributed by atoms with Gasteiger partial charge in [0.25, 0.3) is 0 Å². The Labute approximate surface area is 107 Å². The summed E-state index contributed by atoms with van der Waals surface area (Å²) < 4.78 is 1.74. The van der Waals surface area contributed by atoms with Gasteiger partial charge in [0.15, 0.2) is 5.65 Å². The Morgan fingerprint density at radius 3 is 3.00 bits per heavy atom. The number of hydrogen-bond acceptors (Lipinski definition) is 4. The highest BCUT2D eigenvalue weighted by atomic mass is 15.3. The van der Waals surface area contributed by atoms with Crippen LogP contribution in [0.1, 0.15) is 20.3 Å². The minimum Gasteiger partial charge on any atom is -0.355 e. The fraction of sp³-hybridized carbons (Fsp3) is 0.462. The van der Waals surface area contributed by atoms with Gasteiger partial charge in [-0.05, 0) is 12.0 Å². The van der Waals surface area contributed by atoms with Gasteiger partial charge in [0, 0.05) is 25.4 Å². The highest BCUT2D eigenvalue weighted by Crippen LogP contribution is 2.14. The van der Waals surface area contributed by atoms with E-state index >= 15 is 0 Å². The summed E-state index contributed by atoms with van der Waals surface area (Å²) in [7, 11) is 0. The summed E-state index contributed by atoms with van der Waals surface area (Å²) in [4.78, 5) is 6.71. The maximum absolute atomic E-state index is 8.72. The van der Waals surface area contributed by atoms with E-state index in [-0.39, 0.29) is 0 Å². The number of hydrogen-bond donors (Lipinski definition) is 0. The number of rotatable bonds is 5. The van der Waals surface area contributed by atoms with Crippen LogP contribution in [-0.2, 0) is 0 Å². The number of anilines is 1. The van der Waals surface area contributed by atoms with Crippen LogP contribution in [0.3, 0.4) is 0 Å². The van der Waals surface area contributed by atoms with E-state index in [4.69, 9.17) is 5.26 Å². The third-order valence-electron chi connectivity index (χ3n) is 2.65. The summed E-state index contributed by atoms with van der Waals surface area (Å²) >= 11 is 0. The number of aromatic nitrogens is 3. The number of nitrogens with zero attached hydrogens (tertiary/aromatic N) is 5. The van der Waals surface area contributed by atoms with Crippen LogP contribution in [-0.4, -0.2) is 27.7 Å². The molecule has 0 radical (unpaired) electrons. The first-order chi connectivity index (χ1) is 8.70. The van der Waals surface area contributed by atoms with Crippen molar-refractivity contribution in [2.45, 2.75) is 20.3 Å². The minimum absolute atomic E-state index is 0.513. The van der Waals surface area contributed by atoms with E-state index in [1.165, 1.54) is 0 Å². The quantitative estimate of drug-likeness (QED) is 0.807. The Morgan fingerprint density at radius 1 is 1.44 bits per heavy atom. The summed E-state index contributed by atoms with van der Waals surface area (Å²) in [5.41, 5.74) is 0.832. The first-order valence-corrected chi connectivity index (χ1v) is 6.13. The molecule has 2 heterocycles.